The van der Waals surface area contributed by atoms with Gasteiger partial charge in [0.2, 0.25) is 0 Å². The number of carbonyl (C=O) groups is 1. The first kappa shape index (κ1) is 16.0. The molecule has 0 aliphatic heterocycles. The second-order valence-electron chi connectivity index (χ2n) is 6.01. The lowest BCUT2D eigenvalue weighted by atomic mass is 10.1. The summed E-state index contributed by atoms with van der Waals surface area (Å²) in [6.45, 7) is 4.03. The van der Waals surface area contributed by atoms with Crippen LogP contribution in [0, 0.1) is 6.92 Å². The summed E-state index contributed by atoms with van der Waals surface area (Å²) in [7, 11) is 1.79. The Hall–Kier alpha value is -2.88. The summed E-state index contributed by atoms with van der Waals surface area (Å²) in [4.78, 5) is 12.6. The number of nitrogens with zero attached hydrogens (tertiary/aromatic N) is 2. The van der Waals surface area contributed by atoms with Crippen LogP contribution in [-0.4, -0.2) is 15.7 Å². The zero-order valence-electron chi connectivity index (χ0n) is 14.2. The van der Waals surface area contributed by atoms with Crippen LogP contribution in [0.1, 0.15) is 34.6 Å². The van der Waals surface area contributed by atoms with Gasteiger partial charge in [-0.3, -0.25) is 9.48 Å². The monoisotopic (exact) mass is 319 g/mol. The van der Waals surface area contributed by atoms with Crippen molar-refractivity contribution in [3.05, 3.63) is 77.5 Å². The Morgan fingerprint density at radius 3 is 2.42 bits per heavy atom. The quantitative estimate of drug-likeness (QED) is 0.793. The Balaban J connectivity index is 1.78. The molecule has 0 bridgehead atoms. The van der Waals surface area contributed by atoms with E-state index in [0.29, 0.717) is 5.69 Å². The summed E-state index contributed by atoms with van der Waals surface area (Å²) in [5, 5.41) is 7.49. The average molecular weight is 319 g/mol. The smallest absolute Gasteiger partial charge is 0.270 e. The molecule has 3 aromatic rings. The van der Waals surface area contributed by atoms with E-state index in [2.05, 4.69) is 22.5 Å². The molecule has 1 N–H and O–H groups in total. The molecule has 1 heterocycles. The Morgan fingerprint density at radius 2 is 1.75 bits per heavy atom. The topological polar surface area (TPSA) is 46.9 Å². The highest BCUT2D eigenvalue weighted by atomic mass is 16.2. The largest absolute Gasteiger partial charge is 0.344 e. The fourth-order valence-corrected chi connectivity index (χ4v) is 2.64. The van der Waals surface area contributed by atoms with Crippen LogP contribution >= 0.6 is 0 Å². The summed E-state index contributed by atoms with van der Waals surface area (Å²) >= 11 is 0. The van der Waals surface area contributed by atoms with E-state index in [0.717, 1.165) is 16.8 Å². The van der Waals surface area contributed by atoms with Gasteiger partial charge in [-0.2, -0.15) is 5.10 Å². The van der Waals surface area contributed by atoms with E-state index in [9.17, 15) is 4.79 Å². The van der Waals surface area contributed by atoms with Crippen LogP contribution in [0.4, 0.5) is 0 Å². The van der Waals surface area contributed by atoms with Gasteiger partial charge in [0.25, 0.3) is 5.91 Å². The Bertz CT molecular complexity index is 835. The van der Waals surface area contributed by atoms with Crippen LogP contribution in [0.25, 0.3) is 11.3 Å². The van der Waals surface area contributed by atoms with E-state index in [1.54, 1.807) is 11.7 Å². The molecule has 0 spiro atoms. The maximum atomic E-state index is 12.6. The number of rotatable bonds is 4. The summed E-state index contributed by atoms with van der Waals surface area (Å²) in [5.74, 6) is -0.125. The number of amides is 1. The molecular weight excluding hydrogens is 298 g/mol. The zero-order valence-corrected chi connectivity index (χ0v) is 14.2. The van der Waals surface area contributed by atoms with Crippen LogP contribution in [0.2, 0.25) is 0 Å². The molecule has 0 saturated carbocycles. The first-order chi connectivity index (χ1) is 11.5. The molecule has 2 aromatic carbocycles. The summed E-state index contributed by atoms with van der Waals surface area (Å²) in [6.07, 6.45) is 0. The van der Waals surface area contributed by atoms with Crippen molar-refractivity contribution in [1.82, 2.24) is 15.1 Å². The highest BCUT2D eigenvalue weighted by Gasteiger charge is 2.16. The molecule has 0 aliphatic rings. The minimum atomic E-state index is -0.125. The third-order valence-corrected chi connectivity index (χ3v) is 4.11. The minimum absolute atomic E-state index is 0.0619. The first-order valence-electron chi connectivity index (χ1n) is 8.01. The van der Waals surface area contributed by atoms with Crippen LogP contribution in [0.15, 0.2) is 60.7 Å². The molecule has 24 heavy (non-hydrogen) atoms. The maximum absolute atomic E-state index is 12.6. The van der Waals surface area contributed by atoms with Crippen molar-refractivity contribution in [2.75, 3.05) is 0 Å². The van der Waals surface area contributed by atoms with Crippen molar-refractivity contribution in [3.63, 3.8) is 0 Å². The number of hydrogen-bond acceptors (Lipinski definition) is 2. The van der Waals surface area contributed by atoms with Gasteiger partial charge in [0, 0.05) is 12.6 Å². The van der Waals surface area contributed by atoms with Gasteiger partial charge >= 0.3 is 0 Å². The fraction of sp³-hybridized carbons (Fsp3) is 0.200. The molecule has 0 aliphatic carbocycles. The van der Waals surface area contributed by atoms with Crippen LogP contribution < -0.4 is 5.32 Å². The summed E-state index contributed by atoms with van der Waals surface area (Å²) < 4.78 is 1.62. The zero-order chi connectivity index (χ0) is 17.1. The van der Waals surface area contributed by atoms with Gasteiger partial charge in [-0.15, -0.1) is 0 Å². The highest BCUT2D eigenvalue weighted by Crippen LogP contribution is 2.19. The Labute approximate surface area is 142 Å². The number of aromatic nitrogens is 2. The van der Waals surface area contributed by atoms with Crippen molar-refractivity contribution < 1.29 is 4.79 Å². The van der Waals surface area contributed by atoms with Crippen LogP contribution in [0.3, 0.4) is 0 Å². The lowest BCUT2D eigenvalue weighted by molar-refractivity contribution is 0.0930. The van der Waals surface area contributed by atoms with Gasteiger partial charge in [-0.1, -0.05) is 60.2 Å². The molecule has 0 saturated heterocycles. The molecule has 1 aromatic heterocycles. The summed E-state index contributed by atoms with van der Waals surface area (Å²) in [6, 6.07) is 19.8. The van der Waals surface area contributed by atoms with Gasteiger partial charge in [0.1, 0.15) is 5.69 Å². The number of aryl methyl sites for hydroxylation is 2. The second-order valence-corrected chi connectivity index (χ2v) is 6.01. The number of benzene rings is 2. The third kappa shape index (κ3) is 3.38. The molecular formula is C20H21N3O. The van der Waals surface area contributed by atoms with E-state index in [1.165, 1.54) is 5.56 Å². The third-order valence-electron chi connectivity index (χ3n) is 4.11. The van der Waals surface area contributed by atoms with Gasteiger partial charge in [0.15, 0.2) is 0 Å². The van der Waals surface area contributed by atoms with Crippen LogP contribution in [-0.2, 0) is 7.05 Å². The van der Waals surface area contributed by atoms with Gasteiger partial charge in [-0.25, -0.2) is 0 Å². The Kier molecular flexibility index (Phi) is 4.47. The first-order valence-corrected chi connectivity index (χ1v) is 8.01. The molecule has 1 amide bonds. The SMILES string of the molecule is Cc1ccc([C@@H](C)NC(=O)c2cc(-c3ccccc3)nn2C)cc1. The van der Waals surface area contributed by atoms with Crippen molar-refractivity contribution in [1.29, 1.82) is 0 Å². The molecule has 4 heteroatoms. The molecule has 4 nitrogen and oxygen atoms in total. The van der Waals surface area contributed by atoms with Crippen molar-refractivity contribution in [2.24, 2.45) is 7.05 Å². The summed E-state index contributed by atoms with van der Waals surface area (Å²) in [5.41, 5.74) is 4.63. The number of carbonyl (C=O) groups excluding carboxylic acids is 1. The van der Waals surface area contributed by atoms with E-state index in [4.69, 9.17) is 0 Å². The molecule has 122 valence electrons. The van der Waals surface area contributed by atoms with Gasteiger partial charge < -0.3 is 5.32 Å². The molecule has 0 radical (unpaired) electrons. The highest BCUT2D eigenvalue weighted by molar-refractivity contribution is 5.94. The van der Waals surface area contributed by atoms with Crippen LogP contribution in [0.5, 0.6) is 0 Å². The average Bonchev–Trinajstić information content (AvgIpc) is 2.98. The van der Waals surface area contributed by atoms with E-state index >= 15 is 0 Å². The molecule has 1 atom stereocenters. The van der Waals surface area contributed by atoms with Crippen molar-refractivity contribution >= 4 is 5.91 Å². The molecule has 0 unspecified atom stereocenters. The molecule has 0 fully saturated rings. The fourth-order valence-electron chi connectivity index (χ4n) is 2.64. The van der Waals surface area contributed by atoms with Crippen molar-refractivity contribution in [2.45, 2.75) is 19.9 Å². The Morgan fingerprint density at radius 1 is 1.08 bits per heavy atom. The lowest BCUT2D eigenvalue weighted by Crippen LogP contribution is -2.28. The van der Waals surface area contributed by atoms with Gasteiger partial charge in [-0.05, 0) is 25.5 Å². The molecule has 3 rings (SSSR count). The van der Waals surface area contributed by atoms with E-state index < -0.39 is 0 Å². The van der Waals surface area contributed by atoms with Gasteiger partial charge in [0.05, 0.1) is 11.7 Å². The predicted molar refractivity (Wildman–Crippen MR) is 95.7 cm³/mol. The van der Waals surface area contributed by atoms with E-state index in [-0.39, 0.29) is 11.9 Å². The van der Waals surface area contributed by atoms with E-state index in [1.807, 2.05) is 62.4 Å². The number of nitrogens with one attached hydrogen (secondary N) is 1. The lowest BCUT2D eigenvalue weighted by Gasteiger charge is -2.14. The minimum Gasteiger partial charge on any atom is -0.344 e. The van der Waals surface area contributed by atoms with Crippen molar-refractivity contribution in [3.8, 4) is 11.3 Å². The normalized spacial score (nSPS) is 12.0. The maximum Gasteiger partial charge on any atom is 0.270 e. The number of hydrogen-bond donors (Lipinski definition) is 1. The standard InChI is InChI=1S/C20H21N3O/c1-14-9-11-16(12-10-14)15(2)21-20(24)19-13-18(22-23(19)3)17-7-5-4-6-8-17/h4-13,15H,1-3H3,(H,21,24)/t15-/m1/s1. The predicted octanol–water partition coefficient (Wildman–Crippen LogP) is 3.89. The second kappa shape index (κ2) is 6.71.